The van der Waals surface area contributed by atoms with Gasteiger partial charge in [0.1, 0.15) is 0 Å². The molecule has 5 nitrogen and oxygen atoms in total. The van der Waals surface area contributed by atoms with Crippen LogP contribution in [0.3, 0.4) is 0 Å². The fourth-order valence-electron chi connectivity index (χ4n) is 0.619. The van der Waals surface area contributed by atoms with Crippen LogP contribution in [0.1, 0.15) is 13.8 Å². The van der Waals surface area contributed by atoms with E-state index in [0.717, 1.165) is 0 Å². The van der Waals surface area contributed by atoms with Gasteiger partial charge in [-0.1, -0.05) is 19.0 Å². The summed E-state index contributed by atoms with van der Waals surface area (Å²) in [5, 5.41) is 23.1. The molecule has 0 spiro atoms. The van der Waals surface area contributed by atoms with E-state index < -0.39 is 6.10 Å². The molecule has 12 heavy (non-hydrogen) atoms. The van der Waals surface area contributed by atoms with Crippen molar-refractivity contribution in [2.75, 3.05) is 13.1 Å². The molecule has 0 heterocycles. The first-order chi connectivity index (χ1) is 5.57. The summed E-state index contributed by atoms with van der Waals surface area (Å²) >= 11 is 0. The molecule has 5 heteroatoms. The molecule has 0 bridgehead atoms. The van der Waals surface area contributed by atoms with Crippen LogP contribution >= 0.6 is 0 Å². The average Bonchev–Trinajstić information content (AvgIpc) is 2.03. The second-order valence-corrected chi connectivity index (χ2v) is 3.03. The number of nitrogens with two attached hydrogens (primary N) is 1. The molecule has 0 fully saturated rings. The van der Waals surface area contributed by atoms with Gasteiger partial charge in [0.25, 0.3) is 0 Å². The Hall–Kier alpha value is -0.810. The first-order valence-electron chi connectivity index (χ1n) is 3.93. The maximum Gasteiger partial charge on any atom is 0.153 e. The molecule has 1 unspecified atom stereocenters. The number of aliphatic hydroxyl groups excluding tert-OH is 1. The van der Waals surface area contributed by atoms with E-state index >= 15 is 0 Å². The molecule has 1 atom stereocenters. The van der Waals surface area contributed by atoms with Gasteiger partial charge < -0.3 is 21.4 Å². The van der Waals surface area contributed by atoms with Crippen molar-refractivity contribution in [1.29, 1.82) is 0 Å². The van der Waals surface area contributed by atoms with Gasteiger partial charge in [-0.25, -0.2) is 0 Å². The average molecular weight is 175 g/mol. The highest BCUT2D eigenvalue weighted by Gasteiger charge is 2.07. The quantitative estimate of drug-likeness (QED) is 0.193. The zero-order chi connectivity index (χ0) is 9.56. The Kier molecular flexibility index (Phi) is 5.40. The highest BCUT2D eigenvalue weighted by Crippen LogP contribution is 1.98. The first kappa shape index (κ1) is 11.2. The van der Waals surface area contributed by atoms with E-state index in [0.29, 0.717) is 13.1 Å². The van der Waals surface area contributed by atoms with Crippen molar-refractivity contribution in [2.24, 2.45) is 16.8 Å². The molecule has 0 aliphatic carbocycles. The Balaban J connectivity index is 3.43. The summed E-state index contributed by atoms with van der Waals surface area (Å²) in [6.07, 6.45) is -0.392. The van der Waals surface area contributed by atoms with Crippen LogP contribution < -0.4 is 11.1 Å². The van der Waals surface area contributed by atoms with E-state index in [2.05, 4.69) is 10.5 Å². The lowest BCUT2D eigenvalue weighted by atomic mass is 10.1. The predicted molar refractivity (Wildman–Crippen MR) is 47.1 cm³/mol. The molecular weight excluding hydrogens is 158 g/mol. The normalized spacial score (nSPS) is 15.2. The number of hydrogen-bond donors (Lipinski definition) is 4. The number of nitrogens with zero attached hydrogens (tertiary/aromatic N) is 1. The molecule has 0 aromatic carbocycles. The van der Waals surface area contributed by atoms with Crippen molar-refractivity contribution in [1.82, 2.24) is 5.32 Å². The summed E-state index contributed by atoms with van der Waals surface area (Å²) in [6.45, 7) is 4.60. The van der Waals surface area contributed by atoms with Crippen LogP contribution in [0.5, 0.6) is 0 Å². The van der Waals surface area contributed by atoms with Crippen molar-refractivity contribution in [3.05, 3.63) is 0 Å². The van der Waals surface area contributed by atoms with Crippen molar-refractivity contribution >= 4 is 5.84 Å². The largest absolute Gasteiger partial charge is 0.409 e. The molecule has 0 rings (SSSR count). The van der Waals surface area contributed by atoms with E-state index in [1.165, 1.54) is 0 Å². The van der Waals surface area contributed by atoms with Crippen molar-refractivity contribution in [3.63, 3.8) is 0 Å². The molecule has 0 amide bonds. The molecule has 0 aliphatic heterocycles. The van der Waals surface area contributed by atoms with Gasteiger partial charge in [-0.05, 0) is 5.92 Å². The third-order valence-electron chi connectivity index (χ3n) is 1.56. The van der Waals surface area contributed by atoms with Gasteiger partial charge in [-0.3, -0.25) is 0 Å². The molecule has 0 saturated carbocycles. The Bertz CT molecular complexity index is 148. The van der Waals surface area contributed by atoms with Crippen molar-refractivity contribution in [2.45, 2.75) is 20.0 Å². The minimum absolute atomic E-state index is 0.117. The summed E-state index contributed by atoms with van der Waals surface area (Å²) in [5.41, 5.74) is 5.19. The van der Waals surface area contributed by atoms with Crippen LogP contribution in [0.15, 0.2) is 5.16 Å². The lowest BCUT2D eigenvalue weighted by Gasteiger charge is -2.14. The van der Waals surface area contributed by atoms with Gasteiger partial charge in [0.2, 0.25) is 0 Å². The van der Waals surface area contributed by atoms with E-state index in [4.69, 9.17) is 10.9 Å². The van der Waals surface area contributed by atoms with Crippen LogP contribution in [0.4, 0.5) is 0 Å². The van der Waals surface area contributed by atoms with Crippen LogP contribution in [0.25, 0.3) is 0 Å². The zero-order valence-electron chi connectivity index (χ0n) is 7.49. The predicted octanol–water partition coefficient (Wildman–Crippen LogP) is -0.661. The van der Waals surface area contributed by atoms with Crippen molar-refractivity contribution < 1.29 is 10.3 Å². The van der Waals surface area contributed by atoms with Crippen LogP contribution in [0, 0.1) is 5.92 Å². The van der Waals surface area contributed by atoms with Gasteiger partial charge in [0.15, 0.2) is 5.84 Å². The van der Waals surface area contributed by atoms with E-state index in [1.54, 1.807) is 0 Å². The summed E-state index contributed by atoms with van der Waals surface area (Å²) < 4.78 is 0. The number of hydrogen-bond acceptors (Lipinski definition) is 4. The zero-order valence-corrected chi connectivity index (χ0v) is 7.49. The standard InChI is InChI=1S/C7H17N3O2/c1-5(2)6(11)3-9-4-7(8)10-12/h5-6,9,11-12H,3-4H2,1-2H3,(H2,8,10). The van der Waals surface area contributed by atoms with E-state index in [1.807, 2.05) is 13.8 Å². The molecule has 0 aliphatic rings. The summed E-state index contributed by atoms with van der Waals surface area (Å²) in [5.74, 6) is 0.329. The van der Waals surface area contributed by atoms with Gasteiger partial charge in [-0.2, -0.15) is 0 Å². The van der Waals surface area contributed by atoms with Crippen molar-refractivity contribution in [3.8, 4) is 0 Å². The molecule has 0 aromatic heterocycles. The number of aliphatic hydroxyl groups is 1. The molecule has 5 N–H and O–H groups in total. The molecule has 0 aromatic rings. The Morgan fingerprint density at radius 2 is 2.17 bits per heavy atom. The van der Waals surface area contributed by atoms with E-state index in [-0.39, 0.29) is 11.8 Å². The summed E-state index contributed by atoms with van der Waals surface area (Å²) in [4.78, 5) is 0. The first-order valence-corrected chi connectivity index (χ1v) is 3.93. The van der Waals surface area contributed by atoms with Gasteiger partial charge in [0, 0.05) is 6.54 Å². The monoisotopic (exact) mass is 175 g/mol. The van der Waals surface area contributed by atoms with Crippen LogP contribution in [-0.2, 0) is 0 Å². The minimum Gasteiger partial charge on any atom is -0.409 e. The number of amidine groups is 1. The Morgan fingerprint density at radius 3 is 2.58 bits per heavy atom. The van der Waals surface area contributed by atoms with Crippen LogP contribution in [-0.4, -0.2) is 35.3 Å². The lowest BCUT2D eigenvalue weighted by molar-refractivity contribution is 0.125. The van der Waals surface area contributed by atoms with Crippen LogP contribution in [0.2, 0.25) is 0 Å². The maximum atomic E-state index is 9.31. The third kappa shape index (κ3) is 4.92. The topological polar surface area (TPSA) is 90.9 Å². The third-order valence-corrected chi connectivity index (χ3v) is 1.56. The molecule has 72 valence electrons. The minimum atomic E-state index is -0.392. The van der Waals surface area contributed by atoms with Gasteiger partial charge in [0.05, 0.1) is 12.6 Å². The number of rotatable bonds is 5. The Labute approximate surface area is 72.3 Å². The summed E-state index contributed by atoms with van der Waals surface area (Å²) in [6, 6.07) is 0. The fraction of sp³-hybridized carbons (Fsp3) is 0.857. The number of oxime groups is 1. The van der Waals surface area contributed by atoms with Gasteiger partial charge in [-0.15, -0.1) is 0 Å². The second kappa shape index (κ2) is 5.79. The Morgan fingerprint density at radius 1 is 1.58 bits per heavy atom. The number of nitrogens with one attached hydrogen (secondary N) is 1. The summed E-state index contributed by atoms with van der Waals surface area (Å²) in [7, 11) is 0. The second-order valence-electron chi connectivity index (χ2n) is 3.03. The van der Waals surface area contributed by atoms with Gasteiger partial charge >= 0.3 is 0 Å². The maximum absolute atomic E-state index is 9.31. The lowest BCUT2D eigenvalue weighted by Crippen LogP contribution is -2.36. The highest BCUT2D eigenvalue weighted by molar-refractivity contribution is 5.81. The SMILES string of the molecule is CC(C)C(O)CNCC(N)=NO. The molecule has 0 radical (unpaired) electrons. The smallest absolute Gasteiger partial charge is 0.153 e. The molecular formula is C7H17N3O2. The fourth-order valence-corrected chi connectivity index (χ4v) is 0.619. The molecule has 0 saturated heterocycles. The van der Waals surface area contributed by atoms with E-state index in [9.17, 15) is 5.11 Å². The highest BCUT2D eigenvalue weighted by atomic mass is 16.4.